The van der Waals surface area contributed by atoms with Crippen LogP contribution in [0.15, 0.2) is 0 Å². The quantitative estimate of drug-likeness (QED) is 0.666. The second-order valence-electron chi connectivity index (χ2n) is 5.14. The van der Waals surface area contributed by atoms with Gasteiger partial charge < -0.3 is 0 Å². The summed E-state index contributed by atoms with van der Waals surface area (Å²) in [6.07, 6.45) is 7.65. The van der Waals surface area contributed by atoms with Gasteiger partial charge in [-0.3, -0.25) is 9.59 Å². The van der Waals surface area contributed by atoms with Gasteiger partial charge in [0.25, 0.3) is 0 Å². The first-order valence-electron chi connectivity index (χ1n) is 6.27. The van der Waals surface area contributed by atoms with Crippen LogP contribution in [0, 0.1) is 17.8 Å². The molecule has 2 aliphatic carbocycles. The highest BCUT2D eigenvalue weighted by Gasteiger charge is 2.37. The van der Waals surface area contributed by atoms with Crippen LogP contribution in [0.1, 0.15) is 51.9 Å². The van der Waals surface area contributed by atoms with Crippen LogP contribution >= 0.6 is 0 Å². The van der Waals surface area contributed by atoms with Crippen LogP contribution < -0.4 is 0 Å². The Labute approximate surface area is 91.4 Å². The van der Waals surface area contributed by atoms with E-state index in [0.29, 0.717) is 0 Å². The van der Waals surface area contributed by atoms with Crippen molar-refractivity contribution in [1.82, 2.24) is 0 Å². The van der Waals surface area contributed by atoms with Gasteiger partial charge in [-0.2, -0.15) is 0 Å². The van der Waals surface area contributed by atoms with Crippen LogP contribution in [0.5, 0.6) is 0 Å². The van der Waals surface area contributed by atoms with Crippen molar-refractivity contribution in [2.45, 2.75) is 51.9 Å². The molecule has 2 saturated carbocycles. The minimum Gasteiger partial charge on any atom is -0.299 e. The van der Waals surface area contributed by atoms with Crippen molar-refractivity contribution >= 4 is 11.6 Å². The highest BCUT2D eigenvalue weighted by atomic mass is 16.2. The number of ketones is 2. The molecule has 2 heteroatoms. The van der Waals surface area contributed by atoms with E-state index in [9.17, 15) is 9.59 Å². The third-order valence-corrected chi connectivity index (χ3v) is 3.84. The SMILES string of the molecule is CC(C(=O)C1CCCCC1)C(=O)C1CC1. The fourth-order valence-corrected chi connectivity index (χ4v) is 2.60. The summed E-state index contributed by atoms with van der Waals surface area (Å²) < 4.78 is 0. The lowest BCUT2D eigenvalue weighted by Crippen LogP contribution is -2.29. The largest absolute Gasteiger partial charge is 0.299 e. The molecule has 0 heterocycles. The number of Topliss-reactive ketones (excluding diaryl/α,β-unsaturated/α-hetero) is 2. The Morgan fingerprint density at radius 2 is 1.33 bits per heavy atom. The van der Waals surface area contributed by atoms with Crippen molar-refractivity contribution in [1.29, 1.82) is 0 Å². The van der Waals surface area contributed by atoms with E-state index in [1.165, 1.54) is 19.3 Å². The maximum Gasteiger partial charge on any atom is 0.146 e. The molecule has 15 heavy (non-hydrogen) atoms. The molecule has 2 rings (SSSR count). The van der Waals surface area contributed by atoms with E-state index < -0.39 is 0 Å². The Morgan fingerprint density at radius 1 is 0.867 bits per heavy atom. The van der Waals surface area contributed by atoms with Crippen molar-refractivity contribution in [2.24, 2.45) is 17.8 Å². The molecule has 0 spiro atoms. The molecular formula is C13H20O2. The van der Waals surface area contributed by atoms with E-state index in [2.05, 4.69) is 0 Å². The molecular weight excluding hydrogens is 188 g/mol. The van der Waals surface area contributed by atoms with Gasteiger partial charge in [0, 0.05) is 11.8 Å². The van der Waals surface area contributed by atoms with Gasteiger partial charge in [0.05, 0.1) is 5.92 Å². The topological polar surface area (TPSA) is 34.1 Å². The van der Waals surface area contributed by atoms with Crippen molar-refractivity contribution in [2.75, 3.05) is 0 Å². The van der Waals surface area contributed by atoms with Crippen LogP contribution in [0.3, 0.4) is 0 Å². The molecule has 2 nitrogen and oxygen atoms in total. The van der Waals surface area contributed by atoms with Crippen LogP contribution in [-0.4, -0.2) is 11.6 Å². The Balaban J connectivity index is 1.90. The smallest absolute Gasteiger partial charge is 0.146 e. The maximum absolute atomic E-state index is 12.1. The summed E-state index contributed by atoms with van der Waals surface area (Å²) >= 11 is 0. The number of carbonyl (C=O) groups excluding carboxylic acids is 2. The molecule has 0 amide bonds. The Bertz CT molecular complexity index is 260. The van der Waals surface area contributed by atoms with Crippen LogP contribution in [0.4, 0.5) is 0 Å². The molecule has 0 aromatic rings. The summed E-state index contributed by atoms with van der Waals surface area (Å²) in [5.74, 6) is 0.543. The van der Waals surface area contributed by atoms with Crippen LogP contribution in [0.25, 0.3) is 0 Å². The molecule has 1 atom stereocenters. The number of hydrogen-bond donors (Lipinski definition) is 0. The highest BCUT2D eigenvalue weighted by Crippen LogP contribution is 2.34. The lowest BCUT2D eigenvalue weighted by molar-refractivity contribution is -0.135. The van der Waals surface area contributed by atoms with Crippen molar-refractivity contribution in [3.63, 3.8) is 0 Å². The minimum atomic E-state index is -0.319. The second kappa shape index (κ2) is 4.46. The van der Waals surface area contributed by atoms with Gasteiger partial charge in [0.15, 0.2) is 0 Å². The predicted octanol–water partition coefficient (Wildman–Crippen LogP) is 2.75. The molecule has 84 valence electrons. The third kappa shape index (κ3) is 2.47. The molecule has 0 N–H and O–H groups in total. The average Bonchev–Trinajstić information content (AvgIpc) is 3.11. The first-order chi connectivity index (χ1) is 7.20. The molecule has 0 saturated heterocycles. The Morgan fingerprint density at radius 3 is 1.80 bits per heavy atom. The van der Waals surface area contributed by atoms with E-state index in [1.807, 2.05) is 6.92 Å². The average molecular weight is 208 g/mol. The van der Waals surface area contributed by atoms with Crippen LogP contribution in [-0.2, 0) is 9.59 Å². The lowest BCUT2D eigenvalue weighted by atomic mass is 9.80. The van der Waals surface area contributed by atoms with E-state index in [0.717, 1.165) is 25.7 Å². The molecule has 0 aromatic heterocycles. The zero-order valence-corrected chi connectivity index (χ0v) is 9.50. The zero-order chi connectivity index (χ0) is 10.8. The summed E-state index contributed by atoms with van der Waals surface area (Å²) in [5.41, 5.74) is 0. The summed E-state index contributed by atoms with van der Waals surface area (Å²) in [6.45, 7) is 1.82. The standard InChI is InChI=1S/C13H20O2/c1-9(13(15)11-7-8-11)12(14)10-5-3-2-4-6-10/h9-11H,2-8H2,1H3. The molecule has 1 unspecified atom stereocenters. The van der Waals surface area contributed by atoms with Crippen molar-refractivity contribution < 1.29 is 9.59 Å². The van der Waals surface area contributed by atoms with Crippen molar-refractivity contribution in [3.05, 3.63) is 0 Å². The Kier molecular flexibility index (Phi) is 3.22. The van der Waals surface area contributed by atoms with Gasteiger partial charge in [-0.05, 0) is 32.6 Å². The van der Waals surface area contributed by atoms with Gasteiger partial charge in [-0.25, -0.2) is 0 Å². The van der Waals surface area contributed by atoms with Gasteiger partial charge in [0.2, 0.25) is 0 Å². The second-order valence-corrected chi connectivity index (χ2v) is 5.14. The number of carbonyl (C=O) groups is 2. The molecule has 0 bridgehead atoms. The van der Waals surface area contributed by atoms with Gasteiger partial charge in [0.1, 0.15) is 11.6 Å². The molecule has 0 aliphatic heterocycles. The van der Waals surface area contributed by atoms with Crippen LogP contribution in [0.2, 0.25) is 0 Å². The first-order valence-corrected chi connectivity index (χ1v) is 6.27. The number of hydrogen-bond acceptors (Lipinski definition) is 2. The van der Waals surface area contributed by atoms with E-state index in [1.54, 1.807) is 0 Å². The van der Waals surface area contributed by atoms with E-state index >= 15 is 0 Å². The molecule has 0 radical (unpaired) electrons. The minimum absolute atomic E-state index is 0.191. The number of rotatable bonds is 4. The molecule has 2 aliphatic rings. The lowest BCUT2D eigenvalue weighted by Gasteiger charge is -2.22. The fraction of sp³-hybridized carbons (Fsp3) is 0.846. The highest BCUT2D eigenvalue weighted by molar-refractivity contribution is 6.04. The first kappa shape index (κ1) is 10.8. The van der Waals surface area contributed by atoms with Gasteiger partial charge in [-0.1, -0.05) is 19.3 Å². The van der Waals surface area contributed by atoms with Gasteiger partial charge >= 0.3 is 0 Å². The third-order valence-electron chi connectivity index (χ3n) is 3.84. The summed E-state index contributed by atoms with van der Waals surface area (Å²) in [6, 6.07) is 0. The normalized spacial score (nSPS) is 24.9. The molecule has 2 fully saturated rings. The maximum atomic E-state index is 12.1. The van der Waals surface area contributed by atoms with Gasteiger partial charge in [-0.15, -0.1) is 0 Å². The summed E-state index contributed by atoms with van der Waals surface area (Å²) in [4.78, 5) is 23.8. The zero-order valence-electron chi connectivity index (χ0n) is 9.50. The summed E-state index contributed by atoms with van der Waals surface area (Å²) in [5, 5.41) is 0. The molecule has 0 aromatic carbocycles. The monoisotopic (exact) mass is 208 g/mol. The summed E-state index contributed by atoms with van der Waals surface area (Å²) in [7, 11) is 0. The van der Waals surface area contributed by atoms with E-state index in [4.69, 9.17) is 0 Å². The van der Waals surface area contributed by atoms with E-state index in [-0.39, 0.29) is 29.3 Å². The Hall–Kier alpha value is -0.660. The van der Waals surface area contributed by atoms with Crippen molar-refractivity contribution in [3.8, 4) is 0 Å². The fourth-order valence-electron chi connectivity index (χ4n) is 2.60. The predicted molar refractivity (Wildman–Crippen MR) is 58.5 cm³/mol.